The van der Waals surface area contributed by atoms with Crippen LogP contribution in [0.5, 0.6) is 0 Å². The highest BCUT2D eigenvalue weighted by Gasteiger charge is 2.10. The van der Waals surface area contributed by atoms with Gasteiger partial charge in [0, 0.05) is 23.8 Å². The van der Waals surface area contributed by atoms with Crippen LogP contribution in [0.15, 0.2) is 60.7 Å². The summed E-state index contributed by atoms with van der Waals surface area (Å²) in [7, 11) is 0. The lowest BCUT2D eigenvalue weighted by Gasteiger charge is -2.09. The van der Waals surface area contributed by atoms with Crippen molar-refractivity contribution in [3.05, 3.63) is 88.2 Å². The van der Waals surface area contributed by atoms with Gasteiger partial charge in [0.25, 0.3) is 5.91 Å². The maximum atomic E-state index is 12.4. The molecule has 0 radical (unpaired) electrons. The Morgan fingerprint density at radius 2 is 1.75 bits per heavy atom. The van der Waals surface area contributed by atoms with Gasteiger partial charge in [-0.2, -0.15) is 0 Å². The first kappa shape index (κ1) is 19.8. The first-order valence-electron chi connectivity index (χ1n) is 9.26. The third-order valence-electron chi connectivity index (χ3n) is 4.22. The van der Waals surface area contributed by atoms with E-state index in [4.69, 9.17) is 11.6 Å². The Hall–Kier alpha value is -2.92. The molecule has 0 aliphatic rings. The van der Waals surface area contributed by atoms with Crippen molar-refractivity contribution in [1.82, 2.24) is 15.3 Å². The smallest absolute Gasteiger partial charge is 0.270 e. The first-order chi connectivity index (χ1) is 13.6. The summed E-state index contributed by atoms with van der Waals surface area (Å²) in [6, 6.07) is 19.4. The third kappa shape index (κ3) is 6.06. The molecule has 6 heteroatoms. The molecule has 0 aliphatic heterocycles. The Morgan fingerprint density at radius 1 is 1.00 bits per heavy atom. The molecule has 28 heavy (non-hydrogen) atoms. The highest BCUT2D eigenvalue weighted by Crippen LogP contribution is 2.10. The number of nitrogens with one attached hydrogen (secondary N) is 2. The van der Waals surface area contributed by atoms with E-state index in [0.717, 1.165) is 30.6 Å². The Labute approximate surface area is 170 Å². The number of aryl methyl sites for hydroxylation is 2. The van der Waals surface area contributed by atoms with Gasteiger partial charge in [0.2, 0.25) is 5.95 Å². The Balaban J connectivity index is 1.53. The van der Waals surface area contributed by atoms with Crippen molar-refractivity contribution in [3.63, 3.8) is 0 Å². The summed E-state index contributed by atoms with van der Waals surface area (Å²) in [5, 5.41) is 6.76. The molecule has 2 N–H and O–H groups in total. The number of rotatable bonds is 8. The number of benzene rings is 2. The average molecular weight is 395 g/mol. The van der Waals surface area contributed by atoms with Crippen LogP contribution in [0.3, 0.4) is 0 Å². The number of anilines is 1. The second kappa shape index (κ2) is 9.85. The lowest BCUT2D eigenvalue weighted by atomic mass is 10.1. The van der Waals surface area contributed by atoms with Gasteiger partial charge in [-0.05, 0) is 49.1 Å². The molecule has 0 unspecified atom stereocenters. The minimum atomic E-state index is -0.229. The molecule has 0 bridgehead atoms. The van der Waals surface area contributed by atoms with E-state index in [2.05, 4.69) is 32.7 Å². The highest BCUT2D eigenvalue weighted by atomic mass is 35.5. The van der Waals surface area contributed by atoms with Crippen LogP contribution in [0.4, 0.5) is 5.95 Å². The summed E-state index contributed by atoms with van der Waals surface area (Å²) in [5.74, 6) is 0.248. The molecule has 1 aromatic heterocycles. The van der Waals surface area contributed by atoms with Crippen LogP contribution in [0.2, 0.25) is 5.02 Å². The fourth-order valence-electron chi connectivity index (χ4n) is 2.78. The fourth-order valence-corrected chi connectivity index (χ4v) is 2.90. The molecule has 0 fully saturated rings. The van der Waals surface area contributed by atoms with E-state index >= 15 is 0 Å². The van der Waals surface area contributed by atoms with E-state index in [1.165, 1.54) is 5.56 Å². The van der Waals surface area contributed by atoms with Crippen molar-refractivity contribution in [1.29, 1.82) is 0 Å². The normalized spacial score (nSPS) is 10.5. The predicted molar refractivity (Wildman–Crippen MR) is 113 cm³/mol. The zero-order valence-electron chi connectivity index (χ0n) is 15.8. The molecule has 1 amide bonds. The van der Waals surface area contributed by atoms with Gasteiger partial charge in [0.05, 0.1) is 0 Å². The summed E-state index contributed by atoms with van der Waals surface area (Å²) in [4.78, 5) is 21.2. The van der Waals surface area contributed by atoms with Crippen molar-refractivity contribution >= 4 is 23.5 Å². The minimum Gasteiger partial charge on any atom is -0.354 e. The molecule has 0 spiro atoms. The van der Waals surface area contributed by atoms with Gasteiger partial charge in [0.1, 0.15) is 5.69 Å². The number of halogens is 1. The summed E-state index contributed by atoms with van der Waals surface area (Å²) in [5.41, 5.74) is 3.38. The molecule has 3 aromatic rings. The average Bonchev–Trinajstić information content (AvgIpc) is 2.71. The van der Waals surface area contributed by atoms with Gasteiger partial charge in [-0.15, -0.1) is 0 Å². The molecule has 5 nitrogen and oxygen atoms in total. The number of nitrogens with zero attached hydrogens (tertiary/aromatic N) is 2. The minimum absolute atomic E-state index is 0.229. The fraction of sp³-hybridized carbons (Fsp3) is 0.227. The van der Waals surface area contributed by atoms with Crippen LogP contribution in [0, 0.1) is 6.92 Å². The monoisotopic (exact) mass is 394 g/mol. The summed E-state index contributed by atoms with van der Waals surface area (Å²) >= 11 is 5.88. The molecule has 144 valence electrons. The van der Waals surface area contributed by atoms with Crippen molar-refractivity contribution in [2.24, 2.45) is 0 Å². The van der Waals surface area contributed by atoms with Gasteiger partial charge in [0.15, 0.2) is 0 Å². The van der Waals surface area contributed by atoms with E-state index in [-0.39, 0.29) is 5.91 Å². The number of aromatic nitrogens is 2. The van der Waals surface area contributed by atoms with E-state index in [0.29, 0.717) is 23.2 Å². The molecule has 2 aromatic carbocycles. The summed E-state index contributed by atoms with van der Waals surface area (Å²) < 4.78 is 0. The first-order valence-corrected chi connectivity index (χ1v) is 9.64. The molecule has 3 rings (SSSR count). The SMILES string of the molecule is Cc1cc(C(=O)NCc2ccc(Cl)cc2)nc(NCCCc2ccccc2)n1. The maximum Gasteiger partial charge on any atom is 0.270 e. The van der Waals surface area contributed by atoms with Gasteiger partial charge >= 0.3 is 0 Å². The van der Waals surface area contributed by atoms with Gasteiger partial charge < -0.3 is 10.6 Å². The van der Waals surface area contributed by atoms with Crippen molar-refractivity contribution in [2.45, 2.75) is 26.3 Å². The zero-order chi connectivity index (χ0) is 19.8. The van der Waals surface area contributed by atoms with Crippen LogP contribution in [0.1, 0.15) is 33.7 Å². The van der Waals surface area contributed by atoms with Crippen LogP contribution >= 0.6 is 11.6 Å². The van der Waals surface area contributed by atoms with Crippen LogP contribution in [-0.2, 0) is 13.0 Å². The molecular formula is C22H23ClN4O. The predicted octanol–water partition coefficient (Wildman–Crippen LogP) is 4.41. The van der Waals surface area contributed by atoms with Gasteiger partial charge in [-0.1, -0.05) is 54.1 Å². The number of hydrogen-bond acceptors (Lipinski definition) is 4. The van der Waals surface area contributed by atoms with E-state index in [9.17, 15) is 4.79 Å². The number of carbonyl (C=O) groups excluding carboxylic acids is 1. The van der Waals surface area contributed by atoms with Crippen molar-refractivity contribution < 1.29 is 4.79 Å². The van der Waals surface area contributed by atoms with E-state index < -0.39 is 0 Å². The van der Waals surface area contributed by atoms with Gasteiger partial charge in [-0.3, -0.25) is 4.79 Å². The Bertz CT molecular complexity index is 914. The molecule has 0 atom stereocenters. The van der Waals surface area contributed by atoms with Crippen LogP contribution < -0.4 is 10.6 Å². The number of carbonyl (C=O) groups is 1. The molecule has 0 aliphatic carbocycles. The molecule has 0 saturated carbocycles. The number of amides is 1. The third-order valence-corrected chi connectivity index (χ3v) is 4.47. The summed E-state index contributed by atoms with van der Waals surface area (Å²) in [6.07, 6.45) is 1.94. The molecule has 1 heterocycles. The standard InChI is InChI=1S/C22H23ClN4O/c1-16-14-20(21(28)25-15-18-9-11-19(23)12-10-18)27-22(26-16)24-13-5-8-17-6-3-2-4-7-17/h2-4,6-7,9-12,14H,5,8,13,15H2,1H3,(H,25,28)(H,24,26,27). The largest absolute Gasteiger partial charge is 0.354 e. The van der Waals surface area contributed by atoms with Crippen LogP contribution in [0.25, 0.3) is 0 Å². The number of hydrogen-bond donors (Lipinski definition) is 2. The second-order valence-corrected chi connectivity index (χ2v) is 6.98. The lowest BCUT2D eigenvalue weighted by molar-refractivity contribution is 0.0945. The van der Waals surface area contributed by atoms with E-state index in [1.54, 1.807) is 18.2 Å². The highest BCUT2D eigenvalue weighted by molar-refractivity contribution is 6.30. The zero-order valence-corrected chi connectivity index (χ0v) is 16.5. The second-order valence-electron chi connectivity index (χ2n) is 6.54. The lowest BCUT2D eigenvalue weighted by Crippen LogP contribution is -2.24. The van der Waals surface area contributed by atoms with E-state index in [1.807, 2.05) is 37.3 Å². The topological polar surface area (TPSA) is 66.9 Å². The molecular weight excluding hydrogens is 372 g/mol. The quantitative estimate of drug-likeness (QED) is 0.555. The van der Waals surface area contributed by atoms with Crippen molar-refractivity contribution in [2.75, 3.05) is 11.9 Å². The van der Waals surface area contributed by atoms with Gasteiger partial charge in [-0.25, -0.2) is 9.97 Å². The Morgan fingerprint density at radius 3 is 2.50 bits per heavy atom. The van der Waals surface area contributed by atoms with Crippen LogP contribution in [-0.4, -0.2) is 22.4 Å². The Kier molecular flexibility index (Phi) is 6.98. The summed E-state index contributed by atoms with van der Waals surface area (Å²) in [6.45, 7) is 3.01. The maximum absolute atomic E-state index is 12.4. The molecule has 0 saturated heterocycles. The van der Waals surface area contributed by atoms with Crippen molar-refractivity contribution in [3.8, 4) is 0 Å².